The summed E-state index contributed by atoms with van der Waals surface area (Å²) >= 11 is 0. The molecule has 1 aliphatic rings. The number of amides is 1. The van der Waals surface area contributed by atoms with Crippen LogP contribution in [-0.4, -0.2) is 30.0 Å². The van der Waals surface area contributed by atoms with Gasteiger partial charge in [-0.2, -0.15) is 0 Å². The van der Waals surface area contributed by atoms with Gasteiger partial charge in [-0.1, -0.05) is 6.92 Å². The first-order valence-corrected chi connectivity index (χ1v) is 4.40. The molecule has 0 aromatic heterocycles. The number of rotatable bonds is 3. The molecule has 1 rings (SSSR count). The number of likely N-dealkylation sites (tertiary alicyclic amines) is 1. The van der Waals surface area contributed by atoms with E-state index >= 15 is 0 Å². The van der Waals surface area contributed by atoms with E-state index in [1.165, 1.54) is 0 Å². The third-order valence-electron chi connectivity index (χ3n) is 2.29. The second-order valence-corrected chi connectivity index (χ2v) is 3.07. The Morgan fingerprint density at radius 3 is 3.08 bits per heavy atom. The summed E-state index contributed by atoms with van der Waals surface area (Å²) in [5, 5.41) is 0. The van der Waals surface area contributed by atoms with Gasteiger partial charge < -0.3 is 9.74 Å². The minimum Gasteiger partial charge on any atom is -0.337 e. The fourth-order valence-electron chi connectivity index (χ4n) is 1.65. The fraction of sp³-hybridized carbons (Fsp3) is 0.875. The van der Waals surface area contributed by atoms with Crippen LogP contribution in [0, 0.1) is 0 Å². The molecule has 12 heavy (non-hydrogen) atoms. The first-order chi connectivity index (χ1) is 5.79. The number of carbonyl (C=O) groups is 1. The molecule has 1 aliphatic heterocycles. The predicted molar refractivity (Wildman–Crippen MR) is 45.2 cm³/mol. The maximum Gasteiger partial charge on any atom is 0.222 e. The molecular weight excluding hydrogens is 156 g/mol. The van der Waals surface area contributed by atoms with E-state index in [4.69, 9.17) is 5.90 Å². The van der Waals surface area contributed by atoms with Gasteiger partial charge in [0.1, 0.15) is 0 Å². The van der Waals surface area contributed by atoms with Crippen molar-refractivity contribution in [1.29, 1.82) is 0 Å². The van der Waals surface area contributed by atoms with Crippen LogP contribution >= 0.6 is 0 Å². The third kappa shape index (κ3) is 1.95. The van der Waals surface area contributed by atoms with Crippen molar-refractivity contribution >= 4 is 5.91 Å². The smallest absolute Gasteiger partial charge is 0.222 e. The molecule has 4 nitrogen and oxygen atoms in total. The van der Waals surface area contributed by atoms with E-state index in [1.807, 2.05) is 11.8 Å². The average Bonchev–Trinajstić information content (AvgIpc) is 2.52. The van der Waals surface area contributed by atoms with Crippen LogP contribution in [0.25, 0.3) is 0 Å². The van der Waals surface area contributed by atoms with Crippen molar-refractivity contribution < 1.29 is 9.63 Å². The van der Waals surface area contributed by atoms with Gasteiger partial charge in [-0.05, 0) is 12.8 Å². The van der Waals surface area contributed by atoms with Gasteiger partial charge in [0.15, 0.2) is 0 Å². The van der Waals surface area contributed by atoms with Gasteiger partial charge in [0, 0.05) is 13.0 Å². The van der Waals surface area contributed by atoms with Crippen LogP contribution in [0.1, 0.15) is 26.2 Å². The molecule has 0 radical (unpaired) electrons. The Morgan fingerprint density at radius 2 is 2.50 bits per heavy atom. The van der Waals surface area contributed by atoms with Gasteiger partial charge in [0.2, 0.25) is 5.91 Å². The zero-order valence-electron chi connectivity index (χ0n) is 7.45. The van der Waals surface area contributed by atoms with E-state index in [2.05, 4.69) is 4.84 Å². The zero-order chi connectivity index (χ0) is 8.97. The highest BCUT2D eigenvalue weighted by molar-refractivity contribution is 5.76. The molecule has 0 bridgehead atoms. The molecule has 1 amide bonds. The monoisotopic (exact) mass is 172 g/mol. The van der Waals surface area contributed by atoms with Crippen molar-refractivity contribution in [3.8, 4) is 0 Å². The van der Waals surface area contributed by atoms with Crippen LogP contribution in [0.15, 0.2) is 0 Å². The fourth-order valence-corrected chi connectivity index (χ4v) is 1.65. The number of hydrogen-bond donors (Lipinski definition) is 1. The van der Waals surface area contributed by atoms with Gasteiger partial charge in [0.25, 0.3) is 0 Å². The van der Waals surface area contributed by atoms with Crippen molar-refractivity contribution in [2.45, 2.75) is 32.2 Å². The Morgan fingerprint density at radius 1 is 1.75 bits per heavy atom. The maximum absolute atomic E-state index is 11.3. The molecule has 1 saturated heterocycles. The quantitative estimate of drug-likeness (QED) is 0.622. The van der Waals surface area contributed by atoms with Crippen molar-refractivity contribution in [2.24, 2.45) is 5.90 Å². The number of hydrogen-bond acceptors (Lipinski definition) is 3. The van der Waals surface area contributed by atoms with Gasteiger partial charge in [-0.25, -0.2) is 5.90 Å². The van der Waals surface area contributed by atoms with E-state index in [9.17, 15) is 4.79 Å². The van der Waals surface area contributed by atoms with Crippen LogP contribution in [0.2, 0.25) is 0 Å². The van der Waals surface area contributed by atoms with Gasteiger partial charge in [0.05, 0.1) is 12.6 Å². The van der Waals surface area contributed by atoms with Crippen molar-refractivity contribution in [3.05, 3.63) is 0 Å². The maximum atomic E-state index is 11.3. The van der Waals surface area contributed by atoms with Crippen molar-refractivity contribution in [1.82, 2.24) is 4.90 Å². The first kappa shape index (κ1) is 9.48. The summed E-state index contributed by atoms with van der Waals surface area (Å²) in [6.07, 6.45) is 2.66. The summed E-state index contributed by atoms with van der Waals surface area (Å²) in [6.45, 7) is 3.20. The number of nitrogens with two attached hydrogens (primary N) is 1. The molecule has 4 heteroatoms. The van der Waals surface area contributed by atoms with E-state index < -0.39 is 0 Å². The topological polar surface area (TPSA) is 55.6 Å². The highest BCUT2D eigenvalue weighted by Gasteiger charge is 2.27. The summed E-state index contributed by atoms with van der Waals surface area (Å²) in [6, 6.07) is 0.211. The van der Waals surface area contributed by atoms with Crippen LogP contribution in [0.4, 0.5) is 0 Å². The summed E-state index contributed by atoms with van der Waals surface area (Å²) in [4.78, 5) is 17.8. The lowest BCUT2D eigenvalue weighted by Crippen LogP contribution is -2.38. The summed E-state index contributed by atoms with van der Waals surface area (Å²) in [7, 11) is 0. The number of nitrogens with zero attached hydrogens (tertiary/aromatic N) is 1. The van der Waals surface area contributed by atoms with Gasteiger partial charge >= 0.3 is 0 Å². The highest BCUT2D eigenvalue weighted by Crippen LogP contribution is 2.17. The first-order valence-electron chi connectivity index (χ1n) is 4.40. The molecule has 1 unspecified atom stereocenters. The normalized spacial score (nSPS) is 23.2. The molecule has 2 N–H and O–H groups in total. The van der Waals surface area contributed by atoms with E-state index in [0.29, 0.717) is 13.0 Å². The molecule has 0 aliphatic carbocycles. The predicted octanol–water partition coefficient (Wildman–Crippen LogP) is 0.278. The van der Waals surface area contributed by atoms with Gasteiger partial charge in [-0.3, -0.25) is 4.79 Å². The Bertz CT molecular complexity index is 161. The molecule has 1 heterocycles. The van der Waals surface area contributed by atoms with Crippen LogP contribution in [0.5, 0.6) is 0 Å². The standard InChI is InChI=1S/C8H16N2O2/c1-2-8(11)10-5-3-4-7(10)6-12-9/h7H,2-6,9H2,1H3. The number of carbonyl (C=O) groups excluding carboxylic acids is 1. The molecule has 1 atom stereocenters. The molecule has 70 valence electrons. The van der Waals surface area contributed by atoms with Crippen LogP contribution in [-0.2, 0) is 9.63 Å². The lowest BCUT2D eigenvalue weighted by Gasteiger charge is -2.23. The van der Waals surface area contributed by atoms with E-state index in [1.54, 1.807) is 0 Å². The lowest BCUT2D eigenvalue weighted by molar-refractivity contribution is -0.132. The molecule has 0 spiro atoms. The second-order valence-electron chi connectivity index (χ2n) is 3.07. The molecular formula is C8H16N2O2. The molecule has 0 aromatic carbocycles. The van der Waals surface area contributed by atoms with Crippen molar-refractivity contribution in [3.63, 3.8) is 0 Å². The molecule has 0 saturated carbocycles. The Hall–Kier alpha value is -0.610. The third-order valence-corrected chi connectivity index (χ3v) is 2.29. The second kappa shape index (κ2) is 4.42. The Labute approximate surface area is 72.6 Å². The summed E-state index contributed by atoms with van der Waals surface area (Å²) < 4.78 is 0. The summed E-state index contributed by atoms with van der Waals surface area (Å²) in [5.41, 5.74) is 0. The van der Waals surface area contributed by atoms with Crippen molar-refractivity contribution in [2.75, 3.05) is 13.2 Å². The minimum absolute atomic E-state index is 0.203. The highest BCUT2D eigenvalue weighted by atomic mass is 16.6. The van der Waals surface area contributed by atoms with Crippen LogP contribution < -0.4 is 5.90 Å². The zero-order valence-corrected chi connectivity index (χ0v) is 7.45. The largest absolute Gasteiger partial charge is 0.337 e. The van der Waals surface area contributed by atoms with E-state index in [-0.39, 0.29) is 11.9 Å². The summed E-state index contributed by atoms with van der Waals surface area (Å²) in [5.74, 6) is 5.18. The van der Waals surface area contributed by atoms with Crippen LogP contribution in [0.3, 0.4) is 0 Å². The Balaban J connectivity index is 2.45. The van der Waals surface area contributed by atoms with Gasteiger partial charge in [-0.15, -0.1) is 0 Å². The Kier molecular flexibility index (Phi) is 3.49. The lowest BCUT2D eigenvalue weighted by atomic mass is 10.2. The minimum atomic E-state index is 0.203. The van der Waals surface area contributed by atoms with E-state index in [0.717, 1.165) is 19.4 Å². The average molecular weight is 172 g/mol. The molecule has 1 fully saturated rings. The SMILES string of the molecule is CCC(=O)N1CCCC1CON. The molecule has 0 aromatic rings.